The van der Waals surface area contributed by atoms with Crippen LogP contribution in [0.15, 0.2) is 59.1 Å². The first-order chi connectivity index (χ1) is 11.5. The van der Waals surface area contributed by atoms with Crippen LogP contribution in [0.25, 0.3) is 0 Å². The molecule has 0 saturated carbocycles. The van der Waals surface area contributed by atoms with Crippen molar-refractivity contribution in [2.24, 2.45) is 0 Å². The molecule has 1 aliphatic heterocycles. The third-order valence-corrected chi connectivity index (χ3v) is 7.12. The van der Waals surface area contributed by atoms with Gasteiger partial charge in [0.1, 0.15) is 0 Å². The second-order valence-electron chi connectivity index (χ2n) is 5.83. The van der Waals surface area contributed by atoms with Gasteiger partial charge < -0.3 is 4.90 Å². The van der Waals surface area contributed by atoms with Crippen LogP contribution in [0.4, 0.5) is 0 Å². The maximum atomic E-state index is 12.7. The van der Waals surface area contributed by atoms with Gasteiger partial charge in [-0.05, 0) is 40.0 Å². The van der Waals surface area contributed by atoms with E-state index in [4.69, 9.17) is 0 Å². The topological polar surface area (TPSA) is 54.5 Å². The molecule has 126 valence electrons. The highest BCUT2D eigenvalue weighted by atomic mass is 79.9. The van der Waals surface area contributed by atoms with E-state index < -0.39 is 15.1 Å². The van der Waals surface area contributed by atoms with Crippen LogP contribution in [0.3, 0.4) is 0 Å². The van der Waals surface area contributed by atoms with Crippen LogP contribution in [0, 0.1) is 0 Å². The number of hydrogen-bond donors (Lipinski definition) is 0. The Labute approximate surface area is 150 Å². The molecule has 0 spiro atoms. The summed E-state index contributed by atoms with van der Waals surface area (Å²) in [6.07, 6.45) is 0.419. The molecule has 6 heteroatoms. The molecule has 1 saturated heterocycles. The van der Waals surface area contributed by atoms with E-state index in [0.29, 0.717) is 18.5 Å². The minimum Gasteiger partial charge on any atom is -0.338 e. The quantitative estimate of drug-likeness (QED) is 0.765. The number of hydrogen-bond acceptors (Lipinski definition) is 3. The molecule has 24 heavy (non-hydrogen) atoms. The molecule has 0 N–H and O–H groups in total. The fraction of sp³-hybridized carbons (Fsp3) is 0.278. The lowest BCUT2D eigenvalue weighted by molar-refractivity contribution is 0.0765. The highest BCUT2D eigenvalue weighted by Gasteiger charge is 2.33. The SMILES string of the molecule is O=C(c1ccccc1Br)N1CCC(c2ccccc2)S(=O)(=O)CC1. The van der Waals surface area contributed by atoms with Gasteiger partial charge >= 0.3 is 0 Å². The fourth-order valence-electron chi connectivity index (χ4n) is 2.99. The van der Waals surface area contributed by atoms with E-state index in [-0.39, 0.29) is 18.2 Å². The summed E-state index contributed by atoms with van der Waals surface area (Å²) >= 11 is 3.39. The van der Waals surface area contributed by atoms with E-state index in [1.807, 2.05) is 42.5 Å². The van der Waals surface area contributed by atoms with Gasteiger partial charge in [0.25, 0.3) is 5.91 Å². The minimum atomic E-state index is -3.28. The molecule has 2 aromatic carbocycles. The lowest BCUT2D eigenvalue weighted by Crippen LogP contribution is -2.33. The molecule has 2 aromatic rings. The van der Waals surface area contributed by atoms with Crippen molar-refractivity contribution in [2.45, 2.75) is 11.7 Å². The predicted octanol–water partition coefficient (Wildman–Crippen LogP) is 3.45. The average Bonchev–Trinajstić information content (AvgIpc) is 2.74. The minimum absolute atomic E-state index is 0.0112. The number of carbonyl (C=O) groups excluding carboxylic acids is 1. The van der Waals surface area contributed by atoms with Crippen molar-refractivity contribution in [3.05, 3.63) is 70.2 Å². The Morgan fingerprint density at radius 3 is 2.38 bits per heavy atom. The van der Waals surface area contributed by atoms with Gasteiger partial charge in [0.2, 0.25) is 0 Å². The van der Waals surface area contributed by atoms with Crippen molar-refractivity contribution in [1.82, 2.24) is 4.90 Å². The van der Waals surface area contributed by atoms with Gasteiger partial charge in [0.05, 0.1) is 16.6 Å². The fourth-order valence-corrected chi connectivity index (χ4v) is 5.24. The molecule has 4 nitrogen and oxygen atoms in total. The van der Waals surface area contributed by atoms with Crippen LogP contribution >= 0.6 is 15.9 Å². The summed E-state index contributed by atoms with van der Waals surface area (Å²) in [7, 11) is -3.28. The summed E-state index contributed by atoms with van der Waals surface area (Å²) in [5, 5.41) is -0.546. The van der Waals surface area contributed by atoms with E-state index in [1.165, 1.54) is 0 Å². The van der Waals surface area contributed by atoms with Crippen LogP contribution < -0.4 is 0 Å². The molecule has 0 bridgehead atoms. The van der Waals surface area contributed by atoms with Gasteiger partial charge in [-0.3, -0.25) is 4.79 Å². The van der Waals surface area contributed by atoms with Crippen LogP contribution in [-0.4, -0.2) is 38.1 Å². The zero-order valence-electron chi connectivity index (χ0n) is 13.1. The normalized spacial score (nSPS) is 20.4. The monoisotopic (exact) mass is 407 g/mol. The lowest BCUT2D eigenvalue weighted by Gasteiger charge is -2.20. The van der Waals surface area contributed by atoms with Crippen LogP contribution in [0.1, 0.15) is 27.6 Å². The number of halogens is 1. The van der Waals surface area contributed by atoms with Crippen molar-refractivity contribution in [1.29, 1.82) is 0 Å². The number of sulfone groups is 1. The Hall–Kier alpha value is -1.66. The highest BCUT2D eigenvalue weighted by Crippen LogP contribution is 2.30. The van der Waals surface area contributed by atoms with Crippen molar-refractivity contribution in [3.63, 3.8) is 0 Å². The second kappa shape index (κ2) is 7.07. The first-order valence-corrected chi connectivity index (χ1v) is 10.3. The summed E-state index contributed by atoms with van der Waals surface area (Å²) < 4.78 is 26.0. The molecule has 1 unspecified atom stereocenters. The van der Waals surface area contributed by atoms with Gasteiger partial charge in [-0.1, -0.05) is 42.5 Å². The number of amides is 1. The largest absolute Gasteiger partial charge is 0.338 e. The Bertz CT molecular complexity index is 836. The third kappa shape index (κ3) is 3.54. The second-order valence-corrected chi connectivity index (χ2v) is 8.98. The molecular weight excluding hydrogens is 390 g/mol. The molecule has 1 heterocycles. The van der Waals surface area contributed by atoms with Gasteiger partial charge in [0, 0.05) is 17.6 Å². The van der Waals surface area contributed by atoms with Gasteiger partial charge in [-0.15, -0.1) is 0 Å². The van der Waals surface area contributed by atoms with Crippen molar-refractivity contribution < 1.29 is 13.2 Å². The molecule has 1 aliphatic rings. The molecule has 1 fully saturated rings. The van der Waals surface area contributed by atoms with E-state index in [1.54, 1.807) is 17.0 Å². The Morgan fingerprint density at radius 1 is 1.00 bits per heavy atom. The maximum absolute atomic E-state index is 12.7. The van der Waals surface area contributed by atoms with Gasteiger partial charge in [-0.25, -0.2) is 8.42 Å². The molecule has 0 aromatic heterocycles. The van der Waals surface area contributed by atoms with Crippen molar-refractivity contribution in [2.75, 3.05) is 18.8 Å². The highest BCUT2D eigenvalue weighted by molar-refractivity contribution is 9.10. The molecule has 1 amide bonds. The van der Waals surface area contributed by atoms with Gasteiger partial charge in [0.15, 0.2) is 9.84 Å². The van der Waals surface area contributed by atoms with E-state index >= 15 is 0 Å². The number of rotatable bonds is 2. The Morgan fingerprint density at radius 2 is 1.67 bits per heavy atom. The first-order valence-electron chi connectivity index (χ1n) is 7.79. The predicted molar refractivity (Wildman–Crippen MR) is 97.6 cm³/mol. The Balaban J connectivity index is 1.84. The van der Waals surface area contributed by atoms with Crippen LogP contribution in [0.2, 0.25) is 0 Å². The zero-order valence-corrected chi connectivity index (χ0v) is 15.5. The number of carbonyl (C=O) groups is 1. The summed E-state index contributed by atoms with van der Waals surface area (Å²) in [4.78, 5) is 14.4. The van der Waals surface area contributed by atoms with Gasteiger partial charge in [-0.2, -0.15) is 0 Å². The maximum Gasteiger partial charge on any atom is 0.255 e. The van der Waals surface area contributed by atoms with Crippen LogP contribution in [-0.2, 0) is 9.84 Å². The first kappa shape index (κ1) is 17.2. The summed E-state index contributed by atoms with van der Waals surface area (Å²) in [6.45, 7) is 0.658. The third-order valence-electron chi connectivity index (χ3n) is 4.30. The Kier molecular flexibility index (Phi) is 5.06. The standard InChI is InChI=1S/C18H18BrNO3S/c19-16-9-5-4-8-15(16)18(21)20-11-10-17(24(22,23)13-12-20)14-6-2-1-3-7-14/h1-9,17H,10-13H2. The molecule has 3 rings (SSSR count). The van der Waals surface area contributed by atoms with Crippen molar-refractivity contribution >= 4 is 31.7 Å². The van der Waals surface area contributed by atoms with E-state index in [2.05, 4.69) is 15.9 Å². The number of nitrogens with zero attached hydrogens (tertiary/aromatic N) is 1. The summed E-state index contributed by atoms with van der Waals surface area (Å²) in [6, 6.07) is 16.5. The summed E-state index contributed by atoms with van der Waals surface area (Å²) in [5.74, 6) is -0.144. The van der Waals surface area contributed by atoms with Crippen LogP contribution in [0.5, 0.6) is 0 Å². The molecule has 0 aliphatic carbocycles. The summed E-state index contributed by atoms with van der Waals surface area (Å²) in [5.41, 5.74) is 1.36. The lowest BCUT2D eigenvalue weighted by atomic mass is 10.1. The van der Waals surface area contributed by atoms with Crippen molar-refractivity contribution in [3.8, 4) is 0 Å². The average molecular weight is 408 g/mol. The zero-order chi connectivity index (χ0) is 17.2. The number of benzene rings is 2. The molecular formula is C18H18BrNO3S. The van der Waals surface area contributed by atoms with E-state index in [9.17, 15) is 13.2 Å². The molecule has 1 atom stereocenters. The smallest absolute Gasteiger partial charge is 0.255 e. The van der Waals surface area contributed by atoms with E-state index in [0.717, 1.165) is 10.0 Å². The molecule has 0 radical (unpaired) electrons.